The summed E-state index contributed by atoms with van der Waals surface area (Å²) in [4.78, 5) is 2.42. The zero-order valence-corrected chi connectivity index (χ0v) is 7.27. The Balaban J connectivity index is 0.000000640. The van der Waals surface area contributed by atoms with Crippen molar-refractivity contribution in [3.63, 3.8) is 0 Å². The van der Waals surface area contributed by atoms with Crippen LogP contribution in [0.15, 0.2) is 0 Å². The van der Waals surface area contributed by atoms with Gasteiger partial charge in [-0.3, -0.25) is 0 Å². The van der Waals surface area contributed by atoms with Crippen molar-refractivity contribution >= 4 is 0 Å². The number of rotatable bonds is 1. The largest absolute Gasteiger partial charge is 0.660 e. The van der Waals surface area contributed by atoms with E-state index in [1.54, 1.807) is 0 Å². The van der Waals surface area contributed by atoms with Gasteiger partial charge in [-0.05, 0) is 19.6 Å². The van der Waals surface area contributed by atoms with Crippen LogP contribution in [0.25, 0.3) is 5.32 Å². The van der Waals surface area contributed by atoms with Crippen molar-refractivity contribution in [1.82, 2.24) is 4.90 Å². The molecule has 2 nitrogen and oxygen atoms in total. The maximum atomic E-state index is 4.23. The average Bonchev–Trinajstić information content (AvgIpc) is 1.90. The summed E-state index contributed by atoms with van der Waals surface area (Å²) in [6.07, 6.45) is 0. The van der Waals surface area contributed by atoms with Crippen LogP contribution < -0.4 is 0 Å². The molecular formula is C6H13N2V-. The van der Waals surface area contributed by atoms with E-state index in [9.17, 15) is 0 Å². The van der Waals surface area contributed by atoms with Crippen molar-refractivity contribution in [3.05, 3.63) is 5.32 Å². The molecule has 1 rings (SSSR count). The van der Waals surface area contributed by atoms with Gasteiger partial charge >= 0.3 is 0 Å². The maximum Gasteiger partial charge on any atom is 0 e. The third kappa shape index (κ3) is 3.26. The van der Waals surface area contributed by atoms with E-state index in [1.807, 2.05) is 0 Å². The van der Waals surface area contributed by atoms with Crippen molar-refractivity contribution in [2.24, 2.45) is 0 Å². The molecule has 1 fully saturated rings. The maximum absolute atomic E-state index is 4.23. The van der Waals surface area contributed by atoms with E-state index in [2.05, 4.69) is 17.1 Å². The molecule has 0 aromatic heterocycles. The first kappa shape index (κ1) is 9.50. The zero-order valence-electron chi connectivity index (χ0n) is 5.88. The summed E-state index contributed by atoms with van der Waals surface area (Å²) in [7, 11) is 0. The fourth-order valence-corrected chi connectivity index (χ4v) is 0.964. The number of likely N-dealkylation sites (N-methyl/N-ethyl adjacent to an activating group) is 1. The van der Waals surface area contributed by atoms with Crippen molar-refractivity contribution in [2.75, 3.05) is 32.7 Å². The molecule has 0 atom stereocenters. The van der Waals surface area contributed by atoms with Crippen LogP contribution in [-0.4, -0.2) is 37.6 Å². The summed E-state index contributed by atoms with van der Waals surface area (Å²) in [5.41, 5.74) is 0. The molecule has 0 aromatic rings. The first-order valence-corrected chi connectivity index (χ1v) is 3.29. The average molecular weight is 164 g/mol. The predicted molar refractivity (Wildman–Crippen MR) is 35.2 cm³/mol. The molecule has 53 valence electrons. The fourth-order valence-electron chi connectivity index (χ4n) is 0.964. The summed E-state index contributed by atoms with van der Waals surface area (Å²) >= 11 is 0. The van der Waals surface area contributed by atoms with Gasteiger partial charge < -0.3 is 10.2 Å². The van der Waals surface area contributed by atoms with E-state index >= 15 is 0 Å². The Labute approximate surface area is 68.9 Å². The summed E-state index contributed by atoms with van der Waals surface area (Å²) < 4.78 is 0. The molecule has 0 aromatic carbocycles. The molecule has 1 saturated heterocycles. The Morgan fingerprint density at radius 2 is 1.89 bits per heavy atom. The minimum atomic E-state index is 0. The zero-order chi connectivity index (χ0) is 5.82. The predicted octanol–water partition coefficient (Wildman–Crippen LogP) is 0.693. The van der Waals surface area contributed by atoms with E-state index in [0.29, 0.717) is 0 Å². The number of hydrogen-bond acceptors (Lipinski definition) is 1. The fraction of sp³-hybridized carbons (Fsp3) is 1.00. The molecule has 3 heteroatoms. The van der Waals surface area contributed by atoms with Crippen molar-refractivity contribution in [2.45, 2.75) is 6.92 Å². The van der Waals surface area contributed by atoms with Gasteiger partial charge in [0.05, 0.1) is 0 Å². The Bertz CT molecular complexity index is 62.1. The van der Waals surface area contributed by atoms with Crippen molar-refractivity contribution < 1.29 is 18.6 Å². The van der Waals surface area contributed by atoms with Gasteiger partial charge in [0.15, 0.2) is 0 Å². The molecule has 0 spiro atoms. The van der Waals surface area contributed by atoms with Crippen LogP contribution in [0.4, 0.5) is 0 Å². The molecule has 0 aliphatic carbocycles. The second-order valence-electron chi connectivity index (χ2n) is 2.11. The quantitative estimate of drug-likeness (QED) is 0.557. The third-order valence-electron chi connectivity index (χ3n) is 1.60. The van der Waals surface area contributed by atoms with Gasteiger partial charge in [0, 0.05) is 18.6 Å². The van der Waals surface area contributed by atoms with Gasteiger partial charge in [-0.2, -0.15) is 0 Å². The number of nitrogens with zero attached hydrogens (tertiary/aromatic N) is 2. The SMILES string of the molecule is CCN1CC[N-]CC1.[V]. The van der Waals surface area contributed by atoms with Crippen LogP contribution in [-0.2, 0) is 18.6 Å². The first-order chi connectivity index (χ1) is 3.93. The topological polar surface area (TPSA) is 17.3 Å². The van der Waals surface area contributed by atoms with Gasteiger partial charge in [-0.15, -0.1) is 13.1 Å². The smallest absolute Gasteiger partial charge is 0 e. The summed E-state index contributed by atoms with van der Waals surface area (Å²) in [5, 5.41) is 4.23. The molecule has 9 heavy (non-hydrogen) atoms. The van der Waals surface area contributed by atoms with Crippen molar-refractivity contribution in [1.29, 1.82) is 0 Å². The molecule has 0 saturated carbocycles. The van der Waals surface area contributed by atoms with E-state index in [0.717, 1.165) is 13.1 Å². The Hall–Kier alpha value is 0.504. The molecule has 0 bridgehead atoms. The van der Waals surface area contributed by atoms with Gasteiger partial charge in [-0.1, -0.05) is 6.92 Å². The van der Waals surface area contributed by atoms with Crippen LogP contribution in [0.1, 0.15) is 6.92 Å². The molecule has 0 N–H and O–H groups in total. The summed E-state index contributed by atoms with van der Waals surface area (Å²) in [5.74, 6) is 0. The molecule has 1 heterocycles. The minimum absolute atomic E-state index is 0. The molecule has 0 unspecified atom stereocenters. The van der Waals surface area contributed by atoms with Crippen LogP contribution in [0.5, 0.6) is 0 Å². The summed E-state index contributed by atoms with van der Waals surface area (Å²) in [6, 6.07) is 0. The van der Waals surface area contributed by atoms with Gasteiger partial charge in [0.1, 0.15) is 0 Å². The number of hydrogen-bond donors (Lipinski definition) is 0. The van der Waals surface area contributed by atoms with Gasteiger partial charge in [0.2, 0.25) is 0 Å². The molecular weight excluding hydrogens is 151 g/mol. The van der Waals surface area contributed by atoms with Crippen LogP contribution in [0, 0.1) is 0 Å². The van der Waals surface area contributed by atoms with Gasteiger partial charge in [0.25, 0.3) is 0 Å². The Kier molecular flexibility index (Phi) is 5.60. The molecule has 1 aliphatic heterocycles. The second kappa shape index (κ2) is 5.30. The first-order valence-electron chi connectivity index (χ1n) is 3.29. The monoisotopic (exact) mass is 164 g/mol. The normalized spacial score (nSPS) is 21.0. The van der Waals surface area contributed by atoms with E-state index in [4.69, 9.17) is 0 Å². The standard InChI is InChI=1S/C6H13N2.V/c1-2-8-5-3-7-4-6-8;/h2-6H2,1H3;/q-1;. The minimum Gasteiger partial charge on any atom is -0.660 e. The number of piperazine rings is 1. The Morgan fingerprint density at radius 1 is 1.33 bits per heavy atom. The van der Waals surface area contributed by atoms with Crippen LogP contribution in [0.2, 0.25) is 0 Å². The van der Waals surface area contributed by atoms with Crippen LogP contribution in [0.3, 0.4) is 0 Å². The molecule has 1 radical (unpaired) electrons. The van der Waals surface area contributed by atoms with E-state index in [-0.39, 0.29) is 18.6 Å². The summed E-state index contributed by atoms with van der Waals surface area (Å²) in [6.45, 7) is 7.84. The van der Waals surface area contributed by atoms with Gasteiger partial charge in [-0.25, -0.2) is 0 Å². The Morgan fingerprint density at radius 3 is 2.22 bits per heavy atom. The van der Waals surface area contributed by atoms with E-state index < -0.39 is 0 Å². The van der Waals surface area contributed by atoms with Crippen LogP contribution >= 0.6 is 0 Å². The molecule has 0 amide bonds. The third-order valence-corrected chi connectivity index (χ3v) is 1.60. The second-order valence-corrected chi connectivity index (χ2v) is 2.11. The van der Waals surface area contributed by atoms with E-state index in [1.165, 1.54) is 19.6 Å². The van der Waals surface area contributed by atoms with Crippen molar-refractivity contribution in [3.8, 4) is 0 Å². The molecule has 1 aliphatic rings.